The number of hydrogen-bond acceptors (Lipinski definition) is 3. The van der Waals surface area contributed by atoms with Gasteiger partial charge in [-0.3, -0.25) is 4.79 Å². The molecule has 0 bridgehead atoms. The summed E-state index contributed by atoms with van der Waals surface area (Å²) in [6.45, 7) is 17.8. The molecule has 4 saturated carbocycles. The zero-order valence-electron chi connectivity index (χ0n) is 24.9. The molecule has 0 radical (unpaired) electrons. The fourth-order valence-corrected chi connectivity index (χ4v) is 10.3. The maximum absolute atomic E-state index is 11.7. The second-order valence-corrected chi connectivity index (χ2v) is 14.7. The van der Waals surface area contributed by atoms with Crippen molar-refractivity contribution < 1.29 is 9.53 Å². The Morgan fingerprint density at radius 1 is 0.944 bits per heavy atom. The maximum atomic E-state index is 11.7. The van der Waals surface area contributed by atoms with Crippen LogP contribution in [0.5, 0.6) is 0 Å². The Morgan fingerprint density at radius 3 is 2.36 bits per heavy atom. The van der Waals surface area contributed by atoms with Gasteiger partial charge in [0.15, 0.2) is 0 Å². The fraction of sp³-hybridized carbons (Fsp3) is 0.970. The van der Waals surface area contributed by atoms with Crippen LogP contribution in [0.3, 0.4) is 0 Å². The molecule has 36 heavy (non-hydrogen) atoms. The Balaban J connectivity index is 1.54. The Hall–Kier alpha value is -0.570. The van der Waals surface area contributed by atoms with Gasteiger partial charge < -0.3 is 10.1 Å². The van der Waals surface area contributed by atoms with Crippen molar-refractivity contribution in [3.63, 3.8) is 0 Å². The summed E-state index contributed by atoms with van der Waals surface area (Å²) in [5.41, 5.74) is 0.952. The molecule has 3 unspecified atom stereocenters. The molecule has 10 atom stereocenters. The van der Waals surface area contributed by atoms with E-state index in [1.807, 2.05) is 0 Å². The zero-order chi connectivity index (χ0) is 26.1. The van der Waals surface area contributed by atoms with Gasteiger partial charge in [-0.1, -0.05) is 67.2 Å². The van der Waals surface area contributed by atoms with Crippen molar-refractivity contribution in [3.05, 3.63) is 0 Å². The number of rotatable bonds is 10. The first-order valence-corrected chi connectivity index (χ1v) is 16.0. The Kier molecular flexibility index (Phi) is 9.22. The van der Waals surface area contributed by atoms with Crippen LogP contribution in [0, 0.1) is 52.3 Å². The normalized spacial score (nSPS) is 42.9. The smallest absolute Gasteiger partial charge is 0.302 e. The highest BCUT2D eigenvalue weighted by Gasteiger charge is 2.63. The first-order chi connectivity index (χ1) is 17.1. The van der Waals surface area contributed by atoms with Crippen LogP contribution in [-0.4, -0.2) is 24.7 Å². The molecule has 3 nitrogen and oxygen atoms in total. The van der Waals surface area contributed by atoms with Gasteiger partial charge in [0, 0.05) is 13.0 Å². The van der Waals surface area contributed by atoms with E-state index in [9.17, 15) is 4.79 Å². The van der Waals surface area contributed by atoms with Crippen LogP contribution in [0.2, 0.25) is 0 Å². The molecule has 4 aliphatic carbocycles. The van der Waals surface area contributed by atoms with Crippen molar-refractivity contribution in [1.29, 1.82) is 0 Å². The van der Waals surface area contributed by atoms with E-state index >= 15 is 0 Å². The summed E-state index contributed by atoms with van der Waals surface area (Å²) >= 11 is 0. The molecule has 0 amide bonds. The summed E-state index contributed by atoms with van der Waals surface area (Å²) in [4.78, 5) is 11.7. The lowest BCUT2D eigenvalue weighted by atomic mass is 9.43. The lowest BCUT2D eigenvalue weighted by Crippen LogP contribution is -2.61. The van der Waals surface area contributed by atoms with E-state index in [2.05, 4.69) is 46.9 Å². The predicted molar refractivity (Wildman–Crippen MR) is 151 cm³/mol. The second-order valence-electron chi connectivity index (χ2n) is 14.7. The molecule has 0 aromatic carbocycles. The van der Waals surface area contributed by atoms with E-state index < -0.39 is 0 Å². The Morgan fingerprint density at radius 2 is 1.67 bits per heavy atom. The molecule has 3 heteroatoms. The molecule has 0 aliphatic heterocycles. The maximum Gasteiger partial charge on any atom is 0.302 e. The highest BCUT2D eigenvalue weighted by Crippen LogP contribution is 2.68. The fourth-order valence-electron chi connectivity index (χ4n) is 10.3. The lowest BCUT2D eigenvalue weighted by molar-refractivity contribution is -0.164. The van der Waals surface area contributed by atoms with E-state index in [0.717, 1.165) is 48.3 Å². The number of fused-ring (bicyclic) bond motifs is 5. The molecular formula is C33H59NO2. The summed E-state index contributed by atoms with van der Waals surface area (Å²) in [5.74, 6) is 5.76. The van der Waals surface area contributed by atoms with Crippen LogP contribution in [-0.2, 0) is 9.53 Å². The van der Waals surface area contributed by atoms with Gasteiger partial charge in [0.25, 0.3) is 0 Å². The topological polar surface area (TPSA) is 38.3 Å². The van der Waals surface area contributed by atoms with E-state index in [4.69, 9.17) is 4.74 Å². The predicted octanol–water partition coefficient (Wildman–Crippen LogP) is 8.41. The molecule has 1 N–H and O–H groups in total. The number of hydrogen-bond donors (Lipinski definition) is 1. The highest BCUT2D eigenvalue weighted by molar-refractivity contribution is 5.66. The quantitative estimate of drug-likeness (QED) is 0.241. The standard InChI is InChI=1S/C33H59NO2/c1-8-9-19-34-30-21-25-20-26(36-24(5)35)15-17-32(25,6)29-16-18-33(7)27(13-14-28(33)31(29)30)23(4)12-10-11-22(2)3/h22-23,25-31,34H,8-21H2,1-7H3/t23-,25?,26?,27-,28+,29+,30?,31+,32+,33-/m1/s1. The monoisotopic (exact) mass is 501 g/mol. The van der Waals surface area contributed by atoms with E-state index in [-0.39, 0.29) is 12.1 Å². The highest BCUT2D eigenvalue weighted by atomic mass is 16.5. The van der Waals surface area contributed by atoms with Gasteiger partial charge in [0.2, 0.25) is 0 Å². The third-order valence-corrected chi connectivity index (χ3v) is 12.1. The van der Waals surface area contributed by atoms with Crippen molar-refractivity contribution in [2.45, 2.75) is 144 Å². The first kappa shape index (κ1) is 28.4. The summed E-state index contributed by atoms with van der Waals surface area (Å²) in [6, 6.07) is 0.648. The van der Waals surface area contributed by atoms with Crippen LogP contribution in [0.4, 0.5) is 0 Å². The van der Waals surface area contributed by atoms with Crippen molar-refractivity contribution in [2.75, 3.05) is 6.54 Å². The number of ether oxygens (including phenoxy) is 1. The van der Waals surface area contributed by atoms with Crippen molar-refractivity contribution in [1.82, 2.24) is 5.32 Å². The Bertz CT molecular complexity index is 735. The van der Waals surface area contributed by atoms with Gasteiger partial charge >= 0.3 is 5.97 Å². The SMILES string of the molecule is CCCCNC1CC2CC(OC(C)=O)CC[C@]2(C)[C@H]2CC[C@]3(C)[C@@H]([C@H](C)CCCC(C)C)CC[C@H]3[C@H]12. The molecule has 4 fully saturated rings. The van der Waals surface area contributed by atoms with Crippen molar-refractivity contribution >= 4 is 5.97 Å². The number of esters is 1. The minimum atomic E-state index is -0.0946. The second kappa shape index (κ2) is 11.7. The summed E-state index contributed by atoms with van der Waals surface area (Å²) < 4.78 is 5.77. The third kappa shape index (κ3) is 5.57. The van der Waals surface area contributed by atoms with Crippen LogP contribution in [0.25, 0.3) is 0 Å². The minimum Gasteiger partial charge on any atom is -0.463 e. The van der Waals surface area contributed by atoms with Gasteiger partial charge in [-0.05, 0) is 117 Å². The minimum absolute atomic E-state index is 0.0946. The molecule has 0 aromatic rings. The Labute approximate surface area is 223 Å². The first-order valence-electron chi connectivity index (χ1n) is 16.0. The van der Waals surface area contributed by atoms with Gasteiger partial charge in [0.05, 0.1) is 0 Å². The summed E-state index contributed by atoms with van der Waals surface area (Å²) in [7, 11) is 0. The van der Waals surface area contributed by atoms with Gasteiger partial charge in [-0.15, -0.1) is 0 Å². The average molecular weight is 502 g/mol. The van der Waals surface area contributed by atoms with Crippen molar-refractivity contribution in [2.24, 2.45) is 52.3 Å². The van der Waals surface area contributed by atoms with Crippen LogP contribution >= 0.6 is 0 Å². The average Bonchev–Trinajstić information content (AvgIpc) is 3.16. The van der Waals surface area contributed by atoms with Crippen LogP contribution in [0.15, 0.2) is 0 Å². The van der Waals surface area contributed by atoms with E-state index in [0.29, 0.717) is 22.8 Å². The van der Waals surface area contributed by atoms with Crippen LogP contribution in [0.1, 0.15) is 132 Å². The number of nitrogens with one attached hydrogen (secondary N) is 1. The zero-order valence-corrected chi connectivity index (χ0v) is 24.9. The van der Waals surface area contributed by atoms with Gasteiger partial charge in [-0.2, -0.15) is 0 Å². The molecule has 0 spiro atoms. The molecule has 0 heterocycles. The van der Waals surface area contributed by atoms with E-state index in [1.54, 1.807) is 6.92 Å². The molecule has 0 aromatic heterocycles. The molecule has 4 rings (SSSR count). The summed E-state index contributed by atoms with van der Waals surface area (Å²) in [5, 5.41) is 4.14. The molecule has 4 aliphatic rings. The number of carbonyl (C=O) groups is 1. The van der Waals surface area contributed by atoms with E-state index in [1.165, 1.54) is 77.2 Å². The molecule has 208 valence electrons. The molecular weight excluding hydrogens is 442 g/mol. The van der Waals surface area contributed by atoms with Crippen LogP contribution < -0.4 is 5.32 Å². The number of carbonyl (C=O) groups excluding carboxylic acids is 1. The summed E-state index contributed by atoms with van der Waals surface area (Å²) in [6.07, 6.45) is 17.4. The van der Waals surface area contributed by atoms with Gasteiger partial charge in [-0.25, -0.2) is 0 Å². The number of unbranched alkanes of at least 4 members (excludes halogenated alkanes) is 1. The lowest BCUT2D eigenvalue weighted by Gasteiger charge is -2.63. The largest absolute Gasteiger partial charge is 0.463 e. The van der Waals surface area contributed by atoms with Gasteiger partial charge in [0.1, 0.15) is 6.10 Å². The van der Waals surface area contributed by atoms with Crippen molar-refractivity contribution in [3.8, 4) is 0 Å². The molecule has 0 saturated heterocycles. The third-order valence-electron chi connectivity index (χ3n) is 12.1.